The molecule has 2 amide bonds. The molecule has 1 aliphatic carbocycles. The van der Waals surface area contributed by atoms with E-state index in [1.54, 1.807) is 0 Å². The van der Waals surface area contributed by atoms with Crippen LogP contribution in [0.4, 0.5) is 0 Å². The van der Waals surface area contributed by atoms with Gasteiger partial charge in [0.15, 0.2) is 0 Å². The Morgan fingerprint density at radius 3 is 3.16 bits per heavy atom. The first-order valence-electron chi connectivity index (χ1n) is 7.13. The van der Waals surface area contributed by atoms with E-state index in [2.05, 4.69) is 11.4 Å². The van der Waals surface area contributed by atoms with E-state index in [4.69, 9.17) is 4.74 Å². The van der Waals surface area contributed by atoms with E-state index in [-0.39, 0.29) is 23.8 Å². The van der Waals surface area contributed by atoms with Crippen molar-refractivity contribution in [1.29, 1.82) is 0 Å². The summed E-state index contributed by atoms with van der Waals surface area (Å²) >= 11 is 0. The van der Waals surface area contributed by atoms with Crippen molar-refractivity contribution in [2.45, 2.75) is 31.8 Å². The van der Waals surface area contributed by atoms with E-state index >= 15 is 0 Å². The molecule has 5 nitrogen and oxygen atoms in total. The third kappa shape index (κ3) is 2.52. The van der Waals surface area contributed by atoms with Gasteiger partial charge < -0.3 is 15.0 Å². The van der Waals surface area contributed by atoms with E-state index in [9.17, 15) is 9.59 Å². The van der Waals surface area contributed by atoms with Gasteiger partial charge in [-0.3, -0.25) is 9.59 Å². The molecule has 2 atom stereocenters. The van der Waals surface area contributed by atoms with Gasteiger partial charge in [-0.1, -0.05) is 6.08 Å². The summed E-state index contributed by atoms with van der Waals surface area (Å²) < 4.78 is 5.72. The molecule has 104 valence electrons. The fourth-order valence-electron chi connectivity index (χ4n) is 3.15. The Bertz CT molecular complexity index is 419. The van der Waals surface area contributed by atoms with Gasteiger partial charge in [0.25, 0.3) is 0 Å². The van der Waals surface area contributed by atoms with E-state index in [1.807, 2.05) is 4.90 Å². The first-order valence-corrected chi connectivity index (χ1v) is 7.13. The lowest BCUT2D eigenvalue weighted by molar-refractivity contribution is -0.139. The summed E-state index contributed by atoms with van der Waals surface area (Å²) in [7, 11) is 0. The number of rotatable bonds is 1. The van der Waals surface area contributed by atoms with E-state index < -0.39 is 0 Å². The van der Waals surface area contributed by atoms with E-state index in [0.717, 1.165) is 24.8 Å². The number of piperidine rings is 1. The Balaban J connectivity index is 1.67. The Hall–Kier alpha value is -1.36. The molecule has 0 aromatic heterocycles. The van der Waals surface area contributed by atoms with Gasteiger partial charge in [0.2, 0.25) is 11.8 Å². The van der Waals surface area contributed by atoms with Crippen molar-refractivity contribution in [2.24, 2.45) is 5.92 Å². The third-order valence-corrected chi connectivity index (χ3v) is 4.23. The molecule has 19 heavy (non-hydrogen) atoms. The molecule has 2 heterocycles. The maximum Gasteiger partial charge on any atom is 0.249 e. The highest BCUT2D eigenvalue weighted by molar-refractivity contribution is 5.94. The third-order valence-electron chi connectivity index (χ3n) is 4.23. The second kappa shape index (κ2) is 5.33. The number of hydrogen-bond donors (Lipinski definition) is 1. The molecule has 2 fully saturated rings. The zero-order valence-electron chi connectivity index (χ0n) is 11.1. The van der Waals surface area contributed by atoms with Gasteiger partial charge >= 0.3 is 0 Å². The van der Waals surface area contributed by atoms with Crippen LogP contribution in [0.2, 0.25) is 0 Å². The average molecular weight is 264 g/mol. The quantitative estimate of drug-likeness (QED) is 0.748. The van der Waals surface area contributed by atoms with E-state index in [1.165, 1.54) is 0 Å². The Morgan fingerprint density at radius 1 is 1.47 bits per heavy atom. The van der Waals surface area contributed by atoms with Crippen LogP contribution in [0, 0.1) is 5.92 Å². The summed E-state index contributed by atoms with van der Waals surface area (Å²) in [5.41, 5.74) is 0.941. The van der Waals surface area contributed by atoms with Gasteiger partial charge in [0.1, 0.15) is 0 Å². The lowest BCUT2D eigenvalue weighted by atomic mass is 9.92. The van der Waals surface area contributed by atoms with Crippen LogP contribution in [-0.2, 0) is 14.3 Å². The maximum absolute atomic E-state index is 12.3. The number of allylic oxidation sites excluding steroid dienone is 1. The van der Waals surface area contributed by atoms with Gasteiger partial charge in [-0.05, 0) is 25.7 Å². The minimum atomic E-state index is -0.137. The summed E-state index contributed by atoms with van der Waals surface area (Å²) in [4.78, 5) is 26.1. The largest absolute Gasteiger partial charge is 0.374 e. The molecule has 0 saturated carbocycles. The normalized spacial score (nSPS) is 31.3. The van der Waals surface area contributed by atoms with Crippen LogP contribution in [0.1, 0.15) is 25.7 Å². The van der Waals surface area contributed by atoms with Crippen LogP contribution in [0.25, 0.3) is 0 Å². The number of likely N-dealkylation sites (tertiary alicyclic amines) is 1. The van der Waals surface area contributed by atoms with Crippen LogP contribution >= 0.6 is 0 Å². The predicted molar refractivity (Wildman–Crippen MR) is 69.4 cm³/mol. The maximum atomic E-state index is 12.3. The minimum absolute atomic E-state index is 0.0784. The van der Waals surface area contributed by atoms with Crippen LogP contribution in [0.3, 0.4) is 0 Å². The highest BCUT2D eigenvalue weighted by atomic mass is 16.5. The van der Waals surface area contributed by atoms with Crippen LogP contribution in [0.15, 0.2) is 11.6 Å². The molecule has 3 rings (SSSR count). The van der Waals surface area contributed by atoms with Crippen molar-refractivity contribution in [2.75, 3.05) is 26.2 Å². The predicted octanol–water partition coefficient (Wildman–Crippen LogP) is 0.460. The summed E-state index contributed by atoms with van der Waals surface area (Å²) in [5, 5.41) is 2.86. The van der Waals surface area contributed by atoms with Gasteiger partial charge in [0, 0.05) is 25.2 Å². The molecule has 5 heteroatoms. The fourth-order valence-corrected chi connectivity index (χ4v) is 3.15. The van der Waals surface area contributed by atoms with Crippen LogP contribution in [-0.4, -0.2) is 49.1 Å². The molecule has 0 aromatic carbocycles. The Morgan fingerprint density at radius 2 is 2.37 bits per heavy atom. The van der Waals surface area contributed by atoms with E-state index in [0.29, 0.717) is 32.7 Å². The highest BCUT2D eigenvalue weighted by Gasteiger charge is 2.38. The summed E-state index contributed by atoms with van der Waals surface area (Å²) in [5.74, 6) is 0.128. The van der Waals surface area contributed by atoms with Crippen LogP contribution < -0.4 is 5.32 Å². The number of carbonyl (C=O) groups excluding carboxylic acids is 2. The number of hydrogen-bond acceptors (Lipinski definition) is 3. The van der Waals surface area contributed by atoms with Crippen molar-refractivity contribution in [3.8, 4) is 0 Å². The zero-order chi connectivity index (χ0) is 13.2. The molecule has 2 saturated heterocycles. The standard InChI is InChI=1S/C14H20N2O3/c17-13-11-5-7-16(9-12(11)19-8-6-15-13)14(18)10-3-1-2-4-10/h3,11-12H,1-2,4-9H2,(H,15,17)/t11-,12+/m1/s1. The first-order chi connectivity index (χ1) is 9.25. The molecule has 0 unspecified atom stereocenters. The summed E-state index contributed by atoms with van der Waals surface area (Å²) in [6, 6.07) is 0. The second-order valence-corrected chi connectivity index (χ2v) is 5.47. The molecule has 2 aliphatic heterocycles. The Kier molecular flexibility index (Phi) is 3.55. The number of nitrogens with one attached hydrogen (secondary N) is 1. The zero-order valence-corrected chi connectivity index (χ0v) is 11.1. The van der Waals surface area contributed by atoms with Crippen molar-refractivity contribution < 1.29 is 14.3 Å². The van der Waals surface area contributed by atoms with Gasteiger partial charge in [0.05, 0.1) is 18.6 Å². The van der Waals surface area contributed by atoms with Crippen molar-refractivity contribution in [3.63, 3.8) is 0 Å². The van der Waals surface area contributed by atoms with Crippen molar-refractivity contribution >= 4 is 11.8 Å². The summed E-state index contributed by atoms with van der Waals surface area (Å²) in [6.07, 6.45) is 5.61. The van der Waals surface area contributed by atoms with Gasteiger partial charge in [-0.15, -0.1) is 0 Å². The van der Waals surface area contributed by atoms with Crippen molar-refractivity contribution in [1.82, 2.24) is 10.2 Å². The molecule has 0 radical (unpaired) electrons. The molecular weight excluding hydrogens is 244 g/mol. The molecular formula is C14H20N2O3. The van der Waals surface area contributed by atoms with Gasteiger partial charge in [-0.25, -0.2) is 0 Å². The monoisotopic (exact) mass is 264 g/mol. The Labute approximate surface area is 113 Å². The molecule has 0 aromatic rings. The molecule has 0 spiro atoms. The fraction of sp³-hybridized carbons (Fsp3) is 0.714. The topological polar surface area (TPSA) is 58.6 Å². The number of carbonyl (C=O) groups is 2. The summed E-state index contributed by atoms with van der Waals surface area (Å²) in [6.45, 7) is 2.32. The molecule has 0 bridgehead atoms. The number of ether oxygens (including phenoxy) is 1. The first kappa shape index (κ1) is 12.7. The number of amides is 2. The van der Waals surface area contributed by atoms with Gasteiger partial charge in [-0.2, -0.15) is 0 Å². The average Bonchev–Trinajstić information content (AvgIpc) is 2.90. The van der Waals surface area contributed by atoms with Crippen LogP contribution in [0.5, 0.6) is 0 Å². The molecule has 3 aliphatic rings. The minimum Gasteiger partial charge on any atom is -0.374 e. The molecule has 1 N–H and O–H groups in total. The number of nitrogens with zero attached hydrogens (tertiary/aromatic N) is 1. The lowest BCUT2D eigenvalue weighted by Crippen LogP contribution is -2.50. The SMILES string of the molecule is O=C1NCCO[C@H]2CN(C(=O)C3=CCCC3)CC[C@@H]12. The smallest absolute Gasteiger partial charge is 0.249 e. The number of fused-ring (bicyclic) bond motifs is 1. The second-order valence-electron chi connectivity index (χ2n) is 5.47. The lowest BCUT2D eigenvalue weighted by Gasteiger charge is -2.36. The van der Waals surface area contributed by atoms with Crippen molar-refractivity contribution in [3.05, 3.63) is 11.6 Å². The highest BCUT2D eigenvalue weighted by Crippen LogP contribution is 2.26.